The normalized spacial score (nSPS) is 10.5. The minimum atomic E-state index is -0.404. The molecular formula is C21H19NO3S. The molecule has 132 valence electrons. The third kappa shape index (κ3) is 5.04. The van der Waals surface area contributed by atoms with E-state index in [0.717, 1.165) is 16.0 Å². The molecule has 0 atom stereocenters. The molecule has 1 heterocycles. The Morgan fingerprint density at radius 1 is 0.885 bits per heavy atom. The topological polar surface area (TPSA) is 55.4 Å². The molecule has 2 aromatic carbocycles. The second-order valence-electron chi connectivity index (χ2n) is 5.74. The van der Waals surface area contributed by atoms with Gasteiger partial charge in [-0.3, -0.25) is 9.59 Å². The molecule has 1 amide bonds. The molecule has 0 aliphatic rings. The second-order valence-corrected chi connectivity index (χ2v) is 6.77. The Morgan fingerprint density at radius 3 is 2.04 bits per heavy atom. The number of benzene rings is 2. The number of nitrogens with one attached hydrogen (secondary N) is 1. The van der Waals surface area contributed by atoms with Gasteiger partial charge in [0.15, 0.2) is 6.61 Å². The maximum Gasteiger partial charge on any atom is 0.311 e. The van der Waals surface area contributed by atoms with Crippen LogP contribution in [0.3, 0.4) is 0 Å². The van der Waals surface area contributed by atoms with E-state index < -0.39 is 5.97 Å². The van der Waals surface area contributed by atoms with Crippen LogP contribution < -0.4 is 5.32 Å². The van der Waals surface area contributed by atoms with Crippen molar-refractivity contribution < 1.29 is 14.3 Å². The van der Waals surface area contributed by atoms with Gasteiger partial charge in [0.05, 0.1) is 12.5 Å². The Hall–Kier alpha value is -2.92. The average Bonchev–Trinajstić information content (AvgIpc) is 3.19. The molecule has 0 saturated carbocycles. The molecule has 0 spiro atoms. The maximum absolute atomic E-state index is 12.3. The molecule has 0 bridgehead atoms. The van der Waals surface area contributed by atoms with Crippen LogP contribution in [0.5, 0.6) is 0 Å². The number of amides is 1. The summed E-state index contributed by atoms with van der Waals surface area (Å²) in [6.07, 6.45) is 0.186. The molecule has 1 N–H and O–H groups in total. The number of esters is 1. The van der Waals surface area contributed by atoms with Gasteiger partial charge in [0.1, 0.15) is 0 Å². The number of thiophene rings is 1. The van der Waals surface area contributed by atoms with Gasteiger partial charge in [-0.2, -0.15) is 0 Å². The fraction of sp³-hybridized carbons (Fsp3) is 0.143. The van der Waals surface area contributed by atoms with E-state index in [-0.39, 0.29) is 25.0 Å². The van der Waals surface area contributed by atoms with E-state index in [0.29, 0.717) is 0 Å². The summed E-state index contributed by atoms with van der Waals surface area (Å²) in [7, 11) is 0. The van der Waals surface area contributed by atoms with Crippen LogP contribution in [0.4, 0.5) is 0 Å². The van der Waals surface area contributed by atoms with E-state index in [9.17, 15) is 9.59 Å². The molecule has 0 aliphatic carbocycles. The number of hydrogen-bond donors (Lipinski definition) is 1. The van der Waals surface area contributed by atoms with Crippen molar-refractivity contribution in [2.75, 3.05) is 6.61 Å². The van der Waals surface area contributed by atoms with Crippen molar-refractivity contribution in [3.8, 4) is 0 Å². The predicted molar refractivity (Wildman–Crippen MR) is 102 cm³/mol. The lowest BCUT2D eigenvalue weighted by atomic mass is 9.99. The largest absolute Gasteiger partial charge is 0.455 e. The number of carbonyl (C=O) groups excluding carboxylic acids is 2. The average molecular weight is 365 g/mol. The summed E-state index contributed by atoms with van der Waals surface area (Å²) in [6, 6.07) is 22.9. The zero-order chi connectivity index (χ0) is 18.2. The minimum absolute atomic E-state index is 0.186. The Labute approximate surface area is 156 Å². The van der Waals surface area contributed by atoms with Gasteiger partial charge in [-0.1, -0.05) is 66.7 Å². The van der Waals surface area contributed by atoms with Crippen molar-refractivity contribution in [1.29, 1.82) is 0 Å². The van der Waals surface area contributed by atoms with Gasteiger partial charge in [-0.05, 0) is 22.6 Å². The summed E-state index contributed by atoms with van der Waals surface area (Å²) in [5, 5.41) is 4.85. The molecule has 5 heteroatoms. The monoisotopic (exact) mass is 365 g/mol. The lowest BCUT2D eigenvalue weighted by Gasteiger charge is -2.19. The van der Waals surface area contributed by atoms with E-state index in [2.05, 4.69) is 5.32 Å². The summed E-state index contributed by atoms with van der Waals surface area (Å²) in [4.78, 5) is 25.1. The molecule has 0 unspecified atom stereocenters. The highest BCUT2D eigenvalue weighted by Crippen LogP contribution is 2.21. The standard InChI is InChI=1S/C21H19NO3S/c23-19(15-25-20(24)14-18-12-7-13-26-18)22-21(16-8-3-1-4-9-16)17-10-5-2-6-11-17/h1-13,21H,14-15H2,(H,22,23). The van der Waals surface area contributed by atoms with Crippen molar-refractivity contribution in [3.05, 3.63) is 94.2 Å². The third-order valence-corrected chi connectivity index (χ3v) is 4.71. The Bertz CT molecular complexity index is 793. The molecule has 0 radical (unpaired) electrons. The maximum atomic E-state index is 12.3. The van der Waals surface area contributed by atoms with Crippen molar-refractivity contribution in [3.63, 3.8) is 0 Å². The highest BCUT2D eigenvalue weighted by molar-refractivity contribution is 7.10. The van der Waals surface area contributed by atoms with Gasteiger partial charge in [0, 0.05) is 4.88 Å². The lowest BCUT2D eigenvalue weighted by Crippen LogP contribution is -2.33. The van der Waals surface area contributed by atoms with Gasteiger partial charge in [0.25, 0.3) is 5.91 Å². The zero-order valence-corrected chi connectivity index (χ0v) is 14.9. The SMILES string of the molecule is O=C(COC(=O)Cc1cccs1)NC(c1ccccc1)c1ccccc1. The molecule has 0 saturated heterocycles. The second kappa shape index (κ2) is 8.97. The van der Waals surface area contributed by atoms with Crippen LogP contribution in [-0.4, -0.2) is 18.5 Å². The summed E-state index contributed by atoms with van der Waals surface area (Å²) in [5.41, 5.74) is 1.94. The number of ether oxygens (including phenoxy) is 1. The molecule has 26 heavy (non-hydrogen) atoms. The number of rotatable bonds is 7. The van der Waals surface area contributed by atoms with Crippen LogP contribution in [0.25, 0.3) is 0 Å². The van der Waals surface area contributed by atoms with Crippen LogP contribution in [0.1, 0.15) is 22.0 Å². The smallest absolute Gasteiger partial charge is 0.311 e. The van der Waals surface area contributed by atoms with E-state index in [1.165, 1.54) is 11.3 Å². The first kappa shape index (κ1) is 17.9. The van der Waals surface area contributed by atoms with E-state index in [1.807, 2.05) is 78.2 Å². The molecule has 1 aromatic heterocycles. The quantitative estimate of drug-likeness (QED) is 0.649. The first-order valence-electron chi connectivity index (χ1n) is 8.29. The van der Waals surface area contributed by atoms with Crippen LogP contribution in [-0.2, 0) is 20.7 Å². The first-order chi connectivity index (χ1) is 12.7. The first-order valence-corrected chi connectivity index (χ1v) is 9.17. The fourth-order valence-corrected chi connectivity index (χ4v) is 3.30. The molecular weight excluding hydrogens is 346 g/mol. The Morgan fingerprint density at radius 2 is 1.50 bits per heavy atom. The van der Waals surface area contributed by atoms with E-state index >= 15 is 0 Å². The van der Waals surface area contributed by atoms with Crippen LogP contribution >= 0.6 is 11.3 Å². The number of hydrogen-bond acceptors (Lipinski definition) is 4. The van der Waals surface area contributed by atoms with Gasteiger partial charge in [-0.15, -0.1) is 11.3 Å². The van der Waals surface area contributed by atoms with E-state index in [1.54, 1.807) is 0 Å². The van der Waals surface area contributed by atoms with E-state index in [4.69, 9.17) is 4.74 Å². The summed E-state index contributed by atoms with van der Waals surface area (Å²) in [6.45, 7) is -0.291. The van der Waals surface area contributed by atoms with Gasteiger partial charge >= 0.3 is 5.97 Å². The highest BCUT2D eigenvalue weighted by atomic mass is 32.1. The number of carbonyl (C=O) groups is 2. The van der Waals surface area contributed by atoms with Crippen LogP contribution in [0, 0.1) is 0 Å². The van der Waals surface area contributed by atoms with Gasteiger partial charge in [0.2, 0.25) is 0 Å². The fourth-order valence-electron chi connectivity index (χ4n) is 2.61. The third-order valence-electron chi connectivity index (χ3n) is 3.83. The Kier molecular flexibility index (Phi) is 6.17. The van der Waals surface area contributed by atoms with Gasteiger partial charge in [-0.25, -0.2) is 0 Å². The molecule has 4 nitrogen and oxygen atoms in total. The van der Waals surface area contributed by atoms with Crippen molar-refractivity contribution >= 4 is 23.2 Å². The highest BCUT2D eigenvalue weighted by Gasteiger charge is 2.17. The summed E-state index contributed by atoms with van der Waals surface area (Å²) < 4.78 is 5.11. The molecule has 0 aliphatic heterocycles. The lowest BCUT2D eigenvalue weighted by molar-refractivity contribution is -0.148. The minimum Gasteiger partial charge on any atom is -0.455 e. The van der Waals surface area contributed by atoms with Gasteiger partial charge < -0.3 is 10.1 Å². The van der Waals surface area contributed by atoms with Crippen LogP contribution in [0.15, 0.2) is 78.2 Å². The molecule has 3 aromatic rings. The predicted octanol–water partition coefficient (Wildman–Crippen LogP) is 3.74. The Balaban J connectivity index is 1.61. The zero-order valence-electron chi connectivity index (χ0n) is 14.1. The molecule has 3 rings (SSSR count). The van der Waals surface area contributed by atoms with Crippen LogP contribution in [0.2, 0.25) is 0 Å². The van der Waals surface area contributed by atoms with Crippen molar-refractivity contribution in [2.45, 2.75) is 12.5 Å². The summed E-state index contributed by atoms with van der Waals surface area (Å²) >= 11 is 1.49. The summed E-state index contributed by atoms with van der Waals surface area (Å²) in [5.74, 6) is -0.735. The van der Waals surface area contributed by atoms with Crippen molar-refractivity contribution in [2.24, 2.45) is 0 Å². The van der Waals surface area contributed by atoms with Crippen molar-refractivity contribution in [1.82, 2.24) is 5.32 Å². The molecule has 0 fully saturated rings.